The van der Waals surface area contributed by atoms with Crippen molar-refractivity contribution in [2.45, 2.75) is 10.9 Å². The number of nitrogens with zero attached hydrogens (tertiary/aromatic N) is 5. The monoisotopic (exact) mass is 447 g/mol. The van der Waals surface area contributed by atoms with Gasteiger partial charge in [0.05, 0.1) is 12.8 Å². The zero-order chi connectivity index (χ0) is 21.2. The zero-order valence-corrected chi connectivity index (χ0v) is 18.1. The predicted octanol–water partition coefficient (Wildman–Crippen LogP) is 4.30. The van der Waals surface area contributed by atoms with Gasteiger partial charge in [0.15, 0.2) is 15.9 Å². The van der Waals surface area contributed by atoms with Crippen LogP contribution in [0.25, 0.3) is 22.0 Å². The molecule has 5 aromatic rings. The van der Waals surface area contributed by atoms with E-state index in [1.54, 1.807) is 23.8 Å². The predicted molar refractivity (Wildman–Crippen MR) is 122 cm³/mol. The van der Waals surface area contributed by atoms with E-state index in [4.69, 9.17) is 4.74 Å². The molecule has 0 saturated carbocycles. The van der Waals surface area contributed by atoms with E-state index < -0.39 is 0 Å². The third kappa shape index (κ3) is 3.85. The molecule has 0 saturated heterocycles. The van der Waals surface area contributed by atoms with Gasteiger partial charge in [-0.25, -0.2) is 4.98 Å². The summed E-state index contributed by atoms with van der Waals surface area (Å²) in [5, 5.41) is 11.5. The van der Waals surface area contributed by atoms with Gasteiger partial charge in [-0.2, -0.15) is 0 Å². The van der Waals surface area contributed by atoms with Crippen LogP contribution in [0, 0.1) is 0 Å². The number of thioether (sulfide) groups is 1. The summed E-state index contributed by atoms with van der Waals surface area (Å²) in [6.07, 6.45) is 1.73. The third-order valence-corrected chi connectivity index (χ3v) is 6.40. The Balaban J connectivity index is 1.53. The maximum atomic E-state index is 12.3. The van der Waals surface area contributed by atoms with Crippen LogP contribution in [0.3, 0.4) is 0 Å². The Kier molecular flexibility index (Phi) is 5.27. The highest BCUT2D eigenvalue weighted by atomic mass is 32.2. The van der Waals surface area contributed by atoms with Gasteiger partial charge < -0.3 is 4.74 Å². The van der Waals surface area contributed by atoms with Gasteiger partial charge in [0, 0.05) is 34.6 Å². The number of hydrogen-bond acceptors (Lipinski definition) is 7. The molecule has 3 aromatic heterocycles. The quantitative estimate of drug-likeness (QED) is 0.361. The highest BCUT2D eigenvalue weighted by Gasteiger charge is 2.17. The molecule has 0 N–H and O–H groups in total. The molecule has 0 radical (unpaired) electrons. The van der Waals surface area contributed by atoms with Crippen molar-refractivity contribution >= 4 is 28.1 Å². The molecular formula is C22H17N5O2S2. The van der Waals surface area contributed by atoms with Crippen molar-refractivity contribution in [1.29, 1.82) is 0 Å². The lowest BCUT2D eigenvalue weighted by atomic mass is 10.2. The Morgan fingerprint density at radius 2 is 1.94 bits per heavy atom. The second-order valence-electron chi connectivity index (χ2n) is 6.64. The summed E-state index contributed by atoms with van der Waals surface area (Å²) in [4.78, 5) is 17.6. The molecule has 0 spiro atoms. The standard InChI is InChI=1S/C22H17N5O2S2/c1-29-18-9-5-6-15(12-18)20-24-25-22(27(20)17-7-3-2-4-8-17)31-14-16-13-19(28)26-10-11-30-21(26)23-16/h2-13H,14H2,1H3. The number of ether oxygens (including phenoxy) is 1. The van der Waals surface area contributed by atoms with Crippen molar-refractivity contribution in [3.05, 3.63) is 88.3 Å². The first-order chi connectivity index (χ1) is 15.2. The minimum Gasteiger partial charge on any atom is -0.497 e. The van der Waals surface area contributed by atoms with Crippen LogP contribution in [0.5, 0.6) is 5.75 Å². The molecule has 0 aliphatic heterocycles. The van der Waals surface area contributed by atoms with Crippen molar-refractivity contribution in [1.82, 2.24) is 24.1 Å². The lowest BCUT2D eigenvalue weighted by Gasteiger charge is -2.11. The van der Waals surface area contributed by atoms with Gasteiger partial charge in [0.1, 0.15) is 5.75 Å². The van der Waals surface area contributed by atoms with Crippen molar-refractivity contribution in [3.8, 4) is 22.8 Å². The Morgan fingerprint density at radius 3 is 2.77 bits per heavy atom. The molecule has 0 amide bonds. The van der Waals surface area contributed by atoms with E-state index >= 15 is 0 Å². The molecule has 9 heteroatoms. The van der Waals surface area contributed by atoms with Crippen molar-refractivity contribution in [2.24, 2.45) is 0 Å². The van der Waals surface area contributed by atoms with Gasteiger partial charge in [-0.1, -0.05) is 42.1 Å². The Hall–Kier alpha value is -3.43. The van der Waals surface area contributed by atoms with E-state index in [-0.39, 0.29) is 5.56 Å². The minimum atomic E-state index is -0.0801. The lowest BCUT2D eigenvalue weighted by molar-refractivity contribution is 0.415. The molecule has 2 aromatic carbocycles. The molecule has 0 aliphatic carbocycles. The largest absolute Gasteiger partial charge is 0.497 e. The SMILES string of the molecule is COc1cccc(-c2nnc(SCc3cc(=O)n4ccsc4n3)n2-c2ccccc2)c1. The minimum absolute atomic E-state index is 0.0801. The van der Waals surface area contributed by atoms with Crippen molar-refractivity contribution in [3.63, 3.8) is 0 Å². The molecule has 0 bridgehead atoms. The molecule has 5 rings (SSSR count). The maximum Gasteiger partial charge on any atom is 0.258 e. The topological polar surface area (TPSA) is 74.3 Å². The smallest absolute Gasteiger partial charge is 0.258 e. The van der Waals surface area contributed by atoms with E-state index in [2.05, 4.69) is 15.2 Å². The number of fused-ring (bicyclic) bond motifs is 1. The van der Waals surface area contributed by atoms with Crippen LogP contribution in [0.15, 0.2) is 82.2 Å². The highest BCUT2D eigenvalue weighted by molar-refractivity contribution is 7.98. The van der Waals surface area contributed by atoms with Crippen LogP contribution in [-0.2, 0) is 5.75 Å². The normalized spacial score (nSPS) is 11.1. The number of thiazole rings is 1. The van der Waals surface area contributed by atoms with Gasteiger partial charge in [-0.05, 0) is 24.3 Å². The average Bonchev–Trinajstić information content (AvgIpc) is 3.46. The van der Waals surface area contributed by atoms with E-state index in [0.29, 0.717) is 22.2 Å². The summed E-state index contributed by atoms with van der Waals surface area (Å²) >= 11 is 2.93. The number of methoxy groups -OCH3 is 1. The fourth-order valence-corrected chi connectivity index (χ4v) is 4.81. The summed E-state index contributed by atoms with van der Waals surface area (Å²) in [6.45, 7) is 0. The molecule has 0 unspecified atom stereocenters. The Bertz CT molecular complexity index is 1410. The van der Waals surface area contributed by atoms with Crippen LogP contribution in [-0.4, -0.2) is 31.3 Å². The summed E-state index contributed by atoms with van der Waals surface area (Å²) in [5.41, 5.74) is 2.49. The van der Waals surface area contributed by atoms with Crippen LogP contribution in [0.4, 0.5) is 0 Å². The van der Waals surface area contributed by atoms with Gasteiger partial charge in [0.2, 0.25) is 0 Å². The van der Waals surface area contributed by atoms with Crippen LogP contribution in [0.1, 0.15) is 5.69 Å². The molecule has 31 heavy (non-hydrogen) atoms. The second kappa shape index (κ2) is 8.37. The number of rotatable bonds is 6. The number of benzene rings is 2. The number of para-hydroxylation sites is 1. The second-order valence-corrected chi connectivity index (χ2v) is 8.45. The zero-order valence-electron chi connectivity index (χ0n) is 16.5. The van der Waals surface area contributed by atoms with Crippen LogP contribution < -0.4 is 10.3 Å². The van der Waals surface area contributed by atoms with Gasteiger partial charge in [0.25, 0.3) is 5.56 Å². The molecule has 0 atom stereocenters. The van der Waals surface area contributed by atoms with E-state index in [1.807, 2.05) is 64.5 Å². The van der Waals surface area contributed by atoms with E-state index in [0.717, 1.165) is 22.2 Å². The maximum absolute atomic E-state index is 12.3. The fraction of sp³-hybridized carbons (Fsp3) is 0.0909. The first-order valence-electron chi connectivity index (χ1n) is 9.47. The highest BCUT2D eigenvalue weighted by Crippen LogP contribution is 2.30. The third-order valence-electron chi connectivity index (χ3n) is 4.68. The number of hydrogen-bond donors (Lipinski definition) is 0. The Morgan fingerprint density at radius 1 is 1.06 bits per heavy atom. The van der Waals surface area contributed by atoms with Gasteiger partial charge in [-0.15, -0.1) is 21.5 Å². The Labute approximate surface area is 186 Å². The lowest BCUT2D eigenvalue weighted by Crippen LogP contribution is -2.12. The molecule has 0 fully saturated rings. The summed E-state index contributed by atoms with van der Waals surface area (Å²) in [5.74, 6) is 1.98. The van der Waals surface area contributed by atoms with Crippen molar-refractivity contribution < 1.29 is 4.74 Å². The molecule has 7 nitrogen and oxygen atoms in total. The molecular weight excluding hydrogens is 430 g/mol. The van der Waals surface area contributed by atoms with Crippen molar-refractivity contribution in [2.75, 3.05) is 7.11 Å². The van der Waals surface area contributed by atoms with Gasteiger partial charge >= 0.3 is 0 Å². The summed E-state index contributed by atoms with van der Waals surface area (Å²) in [6, 6.07) is 19.3. The van der Waals surface area contributed by atoms with Crippen LogP contribution in [0.2, 0.25) is 0 Å². The summed E-state index contributed by atoms with van der Waals surface area (Å²) < 4.78 is 8.93. The molecule has 154 valence electrons. The van der Waals surface area contributed by atoms with E-state index in [9.17, 15) is 4.79 Å². The van der Waals surface area contributed by atoms with E-state index in [1.165, 1.54) is 23.1 Å². The van der Waals surface area contributed by atoms with Gasteiger partial charge in [-0.3, -0.25) is 13.8 Å². The molecule has 3 heterocycles. The summed E-state index contributed by atoms with van der Waals surface area (Å²) in [7, 11) is 1.64. The fourth-order valence-electron chi connectivity index (χ4n) is 3.22. The first kappa shape index (κ1) is 19.5. The van der Waals surface area contributed by atoms with Crippen LogP contribution >= 0.6 is 23.1 Å². The number of aromatic nitrogens is 5. The average molecular weight is 448 g/mol. The first-order valence-corrected chi connectivity index (χ1v) is 11.3. The molecule has 0 aliphatic rings.